The molecule has 1 saturated heterocycles. The number of hydrogen-bond donors (Lipinski definition) is 1. The first kappa shape index (κ1) is 14.2. The van der Waals surface area contributed by atoms with E-state index in [1.807, 2.05) is 6.20 Å². The second-order valence-corrected chi connectivity index (χ2v) is 7.37. The SMILES string of the molecule is Cc1cnc(NC2C3CN(Cc4ccccc4)CC32)c(Br)c1. The van der Waals surface area contributed by atoms with Crippen molar-refractivity contribution in [1.29, 1.82) is 0 Å². The zero-order valence-electron chi connectivity index (χ0n) is 12.7. The number of hydrogen-bond acceptors (Lipinski definition) is 3. The van der Waals surface area contributed by atoms with Crippen LogP contribution >= 0.6 is 15.9 Å². The van der Waals surface area contributed by atoms with Crippen molar-refractivity contribution in [3.8, 4) is 0 Å². The highest BCUT2D eigenvalue weighted by atomic mass is 79.9. The number of nitrogens with zero attached hydrogens (tertiary/aromatic N) is 2. The Morgan fingerprint density at radius 1 is 1.23 bits per heavy atom. The molecule has 1 aliphatic carbocycles. The number of aromatic nitrogens is 1. The van der Waals surface area contributed by atoms with Gasteiger partial charge in [-0.3, -0.25) is 4.90 Å². The number of benzene rings is 1. The van der Waals surface area contributed by atoms with E-state index in [0.29, 0.717) is 6.04 Å². The molecule has 1 aliphatic heterocycles. The van der Waals surface area contributed by atoms with Crippen molar-refractivity contribution in [2.24, 2.45) is 11.8 Å². The molecule has 1 N–H and O–H groups in total. The Labute approximate surface area is 139 Å². The van der Waals surface area contributed by atoms with Gasteiger partial charge < -0.3 is 5.32 Å². The highest BCUT2D eigenvalue weighted by molar-refractivity contribution is 9.10. The molecule has 22 heavy (non-hydrogen) atoms. The maximum Gasteiger partial charge on any atom is 0.140 e. The van der Waals surface area contributed by atoms with Gasteiger partial charge >= 0.3 is 0 Å². The number of piperidine rings is 1. The van der Waals surface area contributed by atoms with E-state index in [1.165, 1.54) is 24.2 Å². The minimum Gasteiger partial charge on any atom is -0.366 e. The van der Waals surface area contributed by atoms with Crippen LogP contribution in [0.2, 0.25) is 0 Å². The molecule has 1 saturated carbocycles. The molecule has 0 bridgehead atoms. The van der Waals surface area contributed by atoms with Crippen LogP contribution in [0.4, 0.5) is 5.82 Å². The van der Waals surface area contributed by atoms with Crippen molar-refractivity contribution in [3.63, 3.8) is 0 Å². The molecule has 4 rings (SSSR count). The van der Waals surface area contributed by atoms with Crippen LogP contribution < -0.4 is 5.32 Å². The minimum absolute atomic E-state index is 0.596. The lowest BCUT2D eigenvalue weighted by Gasteiger charge is -2.20. The van der Waals surface area contributed by atoms with E-state index in [2.05, 4.69) is 74.5 Å². The fourth-order valence-electron chi connectivity index (χ4n) is 3.60. The second-order valence-electron chi connectivity index (χ2n) is 6.52. The maximum atomic E-state index is 4.50. The average Bonchev–Trinajstić information content (AvgIpc) is 2.95. The van der Waals surface area contributed by atoms with Gasteiger partial charge in [-0.25, -0.2) is 4.98 Å². The van der Waals surface area contributed by atoms with E-state index >= 15 is 0 Å². The lowest BCUT2D eigenvalue weighted by Crippen LogP contribution is -2.27. The molecule has 3 nitrogen and oxygen atoms in total. The van der Waals surface area contributed by atoms with E-state index in [4.69, 9.17) is 0 Å². The van der Waals surface area contributed by atoms with Crippen LogP contribution in [0.25, 0.3) is 0 Å². The van der Waals surface area contributed by atoms with E-state index in [9.17, 15) is 0 Å². The molecule has 2 fully saturated rings. The predicted molar refractivity (Wildman–Crippen MR) is 92.8 cm³/mol. The van der Waals surface area contributed by atoms with E-state index in [1.54, 1.807) is 0 Å². The molecule has 0 radical (unpaired) electrons. The van der Waals surface area contributed by atoms with Crippen LogP contribution in [0.3, 0.4) is 0 Å². The number of fused-ring (bicyclic) bond motifs is 1. The normalized spacial score (nSPS) is 26.7. The summed E-state index contributed by atoms with van der Waals surface area (Å²) >= 11 is 3.60. The Hall–Kier alpha value is -1.39. The van der Waals surface area contributed by atoms with Crippen LogP contribution in [-0.4, -0.2) is 29.0 Å². The Morgan fingerprint density at radius 3 is 2.64 bits per heavy atom. The molecule has 4 heteroatoms. The summed E-state index contributed by atoms with van der Waals surface area (Å²) in [6.45, 7) is 5.53. The van der Waals surface area contributed by atoms with Crippen LogP contribution in [0.1, 0.15) is 11.1 Å². The van der Waals surface area contributed by atoms with Crippen LogP contribution in [0.5, 0.6) is 0 Å². The van der Waals surface area contributed by atoms with Crippen molar-refractivity contribution in [2.75, 3.05) is 18.4 Å². The summed E-state index contributed by atoms with van der Waals surface area (Å²) in [7, 11) is 0. The molecule has 2 aromatic rings. The van der Waals surface area contributed by atoms with E-state index in [-0.39, 0.29) is 0 Å². The number of likely N-dealkylation sites (tertiary alicyclic amines) is 1. The zero-order chi connectivity index (χ0) is 15.1. The summed E-state index contributed by atoms with van der Waals surface area (Å²) < 4.78 is 1.07. The molecule has 2 atom stereocenters. The standard InChI is InChI=1S/C18H20BrN3/c1-12-7-16(19)18(20-8-12)21-17-14-10-22(11-15(14)17)9-13-5-3-2-4-6-13/h2-8,14-15,17H,9-11H2,1H3,(H,20,21). The summed E-state index contributed by atoms with van der Waals surface area (Å²) in [6.07, 6.45) is 1.92. The van der Waals surface area contributed by atoms with Gasteiger partial charge in [0, 0.05) is 31.9 Å². The molecule has 2 aliphatic rings. The van der Waals surface area contributed by atoms with Gasteiger partial charge in [0.25, 0.3) is 0 Å². The van der Waals surface area contributed by atoms with E-state index in [0.717, 1.165) is 28.7 Å². The van der Waals surface area contributed by atoms with Gasteiger partial charge in [-0.2, -0.15) is 0 Å². The molecular weight excluding hydrogens is 338 g/mol. The van der Waals surface area contributed by atoms with Crippen molar-refractivity contribution < 1.29 is 0 Å². The Bertz CT molecular complexity index is 661. The number of aryl methyl sites for hydroxylation is 1. The quantitative estimate of drug-likeness (QED) is 0.904. The highest BCUT2D eigenvalue weighted by Crippen LogP contribution is 2.47. The smallest absolute Gasteiger partial charge is 0.140 e. The Morgan fingerprint density at radius 2 is 1.95 bits per heavy atom. The number of pyridine rings is 1. The molecule has 2 unspecified atom stereocenters. The van der Waals surface area contributed by atoms with Gasteiger partial charge in [-0.1, -0.05) is 30.3 Å². The summed E-state index contributed by atoms with van der Waals surface area (Å²) in [6, 6.07) is 13.5. The van der Waals surface area contributed by atoms with Crippen molar-refractivity contribution in [2.45, 2.75) is 19.5 Å². The second kappa shape index (κ2) is 5.67. The number of nitrogens with one attached hydrogen (secondary N) is 1. The molecule has 0 amide bonds. The van der Waals surface area contributed by atoms with Gasteiger partial charge in [-0.15, -0.1) is 0 Å². The fourth-order valence-corrected chi connectivity index (χ4v) is 4.17. The zero-order valence-corrected chi connectivity index (χ0v) is 14.3. The summed E-state index contributed by atoms with van der Waals surface area (Å²) in [5.41, 5.74) is 2.60. The van der Waals surface area contributed by atoms with Gasteiger partial charge in [0.05, 0.1) is 4.47 Å². The highest BCUT2D eigenvalue weighted by Gasteiger charge is 2.55. The van der Waals surface area contributed by atoms with Gasteiger partial charge in [0.2, 0.25) is 0 Å². The number of anilines is 1. The summed E-state index contributed by atoms with van der Waals surface area (Å²) in [4.78, 5) is 7.07. The van der Waals surface area contributed by atoms with Crippen molar-refractivity contribution >= 4 is 21.7 Å². The van der Waals surface area contributed by atoms with Gasteiger partial charge in [-0.05, 0) is 51.9 Å². The molecular formula is C18H20BrN3. The molecule has 2 heterocycles. The minimum atomic E-state index is 0.596. The Kier molecular flexibility index (Phi) is 3.66. The summed E-state index contributed by atoms with van der Waals surface area (Å²) in [5.74, 6) is 2.54. The topological polar surface area (TPSA) is 28.2 Å². The largest absolute Gasteiger partial charge is 0.366 e. The Balaban J connectivity index is 1.33. The summed E-state index contributed by atoms with van der Waals surface area (Å²) in [5, 5.41) is 3.61. The lowest BCUT2D eigenvalue weighted by molar-refractivity contribution is 0.292. The van der Waals surface area contributed by atoms with Crippen molar-refractivity contribution in [3.05, 3.63) is 58.2 Å². The van der Waals surface area contributed by atoms with Gasteiger partial charge in [0.15, 0.2) is 0 Å². The maximum absolute atomic E-state index is 4.50. The molecule has 1 aromatic carbocycles. The first-order valence-electron chi connectivity index (χ1n) is 7.85. The number of rotatable bonds is 4. The van der Waals surface area contributed by atoms with Crippen molar-refractivity contribution in [1.82, 2.24) is 9.88 Å². The first-order valence-corrected chi connectivity index (χ1v) is 8.65. The fraction of sp³-hybridized carbons (Fsp3) is 0.389. The van der Waals surface area contributed by atoms with Crippen LogP contribution in [0.15, 0.2) is 47.1 Å². The third-order valence-corrected chi connectivity index (χ3v) is 5.40. The average molecular weight is 358 g/mol. The monoisotopic (exact) mass is 357 g/mol. The molecule has 0 spiro atoms. The van der Waals surface area contributed by atoms with E-state index < -0.39 is 0 Å². The number of halogens is 1. The third-order valence-electron chi connectivity index (χ3n) is 4.80. The van der Waals surface area contributed by atoms with Gasteiger partial charge in [0.1, 0.15) is 5.82 Å². The predicted octanol–water partition coefficient (Wildman–Crippen LogP) is 3.69. The first-order chi connectivity index (χ1) is 10.7. The molecule has 114 valence electrons. The third kappa shape index (κ3) is 2.77. The molecule has 1 aromatic heterocycles. The van der Waals surface area contributed by atoms with Crippen LogP contribution in [0, 0.1) is 18.8 Å². The lowest BCUT2D eigenvalue weighted by atomic mass is 10.2. The van der Waals surface area contributed by atoms with Crippen LogP contribution in [-0.2, 0) is 6.54 Å².